The maximum absolute atomic E-state index is 6.10. The third-order valence-electron chi connectivity index (χ3n) is 4.75. The number of nitrogens with two attached hydrogens (primary N) is 1. The minimum atomic E-state index is 0.870. The molecule has 110 valence electrons. The zero-order valence-corrected chi connectivity index (χ0v) is 13.6. The molecule has 20 heavy (non-hydrogen) atoms. The molecule has 2 fully saturated rings. The molecule has 0 aromatic heterocycles. The Labute approximate surface area is 130 Å². The second-order valence-corrected chi connectivity index (χ2v) is 7.01. The predicted molar refractivity (Wildman–Crippen MR) is 87.7 cm³/mol. The third-order valence-corrected chi connectivity index (χ3v) is 5.24. The molecule has 1 aromatic rings. The molecule has 0 atom stereocenters. The van der Waals surface area contributed by atoms with E-state index in [-0.39, 0.29) is 0 Å². The van der Waals surface area contributed by atoms with Crippen molar-refractivity contribution < 1.29 is 0 Å². The molecule has 4 heteroatoms. The van der Waals surface area contributed by atoms with Crippen molar-refractivity contribution in [2.24, 2.45) is 0 Å². The summed E-state index contributed by atoms with van der Waals surface area (Å²) in [6.45, 7) is 5.78. The van der Waals surface area contributed by atoms with E-state index in [0.29, 0.717) is 0 Å². The smallest absolute Gasteiger partial charge is 0.0371 e. The first-order valence-electron chi connectivity index (χ1n) is 7.73. The Morgan fingerprint density at radius 2 is 1.80 bits per heavy atom. The van der Waals surface area contributed by atoms with Gasteiger partial charge in [-0.05, 0) is 30.5 Å². The molecule has 0 amide bonds. The summed E-state index contributed by atoms with van der Waals surface area (Å²) in [6.07, 6.45) is 5.69. The fourth-order valence-electron chi connectivity index (χ4n) is 3.51. The van der Waals surface area contributed by atoms with E-state index in [9.17, 15) is 0 Å². The van der Waals surface area contributed by atoms with Crippen LogP contribution in [0.3, 0.4) is 0 Å². The highest BCUT2D eigenvalue weighted by atomic mass is 79.9. The van der Waals surface area contributed by atoms with Gasteiger partial charge in [-0.3, -0.25) is 9.80 Å². The van der Waals surface area contributed by atoms with E-state index >= 15 is 0 Å². The van der Waals surface area contributed by atoms with E-state index in [4.69, 9.17) is 5.73 Å². The van der Waals surface area contributed by atoms with Crippen LogP contribution in [0, 0.1) is 0 Å². The predicted octanol–water partition coefficient (Wildman–Crippen LogP) is 3.09. The Morgan fingerprint density at radius 3 is 2.45 bits per heavy atom. The summed E-state index contributed by atoms with van der Waals surface area (Å²) in [5.41, 5.74) is 8.25. The number of anilines is 1. The summed E-state index contributed by atoms with van der Waals surface area (Å²) >= 11 is 3.47. The molecule has 3 nitrogen and oxygen atoms in total. The van der Waals surface area contributed by atoms with Gasteiger partial charge in [-0.15, -0.1) is 0 Å². The molecule has 2 N–H and O–H groups in total. The van der Waals surface area contributed by atoms with Crippen LogP contribution >= 0.6 is 15.9 Å². The summed E-state index contributed by atoms with van der Waals surface area (Å²) in [7, 11) is 0. The lowest BCUT2D eigenvalue weighted by Crippen LogP contribution is -2.49. The Morgan fingerprint density at radius 1 is 1.10 bits per heavy atom. The van der Waals surface area contributed by atoms with Crippen LogP contribution in [0.1, 0.15) is 31.2 Å². The number of nitrogens with zero attached hydrogens (tertiary/aromatic N) is 2. The van der Waals surface area contributed by atoms with Gasteiger partial charge in [0, 0.05) is 48.9 Å². The lowest BCUT2D eigenvalue weighted by molar-refractivity contribution is 0.0938. The van der Waals surface area contributed by atoms with Crippen LogP contribution in [0.4, 0.5) is 5.69 Å². The van der Waals surface area contributed by atoms with E-state index < -0.39 is 0 Å². The first-order chi connectivity index (χ1) is 9.72. The summed E-state index contributed by atoms with van der Waals surface area (Å²) in [6, 6.07) is 7.10. The monoisotopic (exact) mass is 337 g/mol. The van der Waals surface area contributed by atoms with Gasteiger partial charge in [-0.25, -0.2) is 0 Å². The van der Waals surface area contributed by atoms with Gasteiger partial charge in [-0.2, -0.15) is 0 Å². The van der Waals surface area contributed by atoms with Crippen molar-refractivity contribution in [3.8, 4) is 0 Å². The van der Waals surface area contributed by atoms with Crippen LogP contribution in [-0.4, -0.2) is 42.0 Å². The summed E-state index contributed by atoms with van der Waals surface area (Å²) < 4.78 is 1.06. The number of hydrogen-bond donors (Lipinski definition) is 1. The molecule has 1 aliphatic heterocycles. The van der Waals surface area contributed by atoms with Gasteiger partial charge < -0.3 is 5.73 Å². The maximum Gasteiger partial charge on any atom is 0.0371 e. The van der Waals surface area contributed by atoms with Gasteiger partial charge in [0.05, 0.1) is 0 Å². The van der Waals surface area contributed by atoms with Gasteiger partial charge in [0.15, 0.2) is 0 Å². The Balaban J connectivity index is 1.53. The average molecular weight is 338 g/mol. The molecule has 1 saturated carbocycles. The standard InChI is InChI=1S/C16H24BrN3/c17-14-6-5-13(16(18)11-14)12-19-7-9-20(10-8-19)15-3-1-2-4-15/h5-6,11,15H,1-4,7-10,12,18H2. The van der Waals surface area contributed by atoms with Crippen molar-refractivity contribution in [2.75, 3.05) is 31.9 Å². The van der Waals surface area contributed by atoms with Gasteiger partial charge in [0.25, 0.3) is 0 Å². The van der Waals surface area contributed by atoms with Crippen molar-refractivity contribution in [3.63, 3.8) is 0 Å². The van der Waals surface area contributed by atoms with E-state index in [0.717, 1.165) is 22.7 Å². The van der Waals surface area contributed by atoms with Crippen LogP contribution in [0.25, 0.3) is 0 Å². The maximum atomic E-state index is 6.10. The fourth-order valence-corrected chi connectivity index (χ4v) is 3.89. The normalized spacial score (nSPS) is 22.4. The van der Waals surface area contributed by atoms with Crippen molar-refractivity contribution in [1.29, 1.82) is 0 Å². The number of nitrogen functional groups attached to an aromatic ring is 1. The van der Waals surface area contributed by atoms with Crippen LogP contribution in [0.2, 0.25) is 0 Å². The Kier molecular flexibility index (Phi) is 4.64. The van der Waals surface area contributed by atoms with Crippen LogP contribution in [0.15, 0.2) is 22.7 Å². The molecule has 0 bridgehead atoms. The number of piperazine rings is 1. The Bertz CT molecular complexity index is 449. The second-order valence-electron chi connectivity index (χ2n) is 6.09. The number of benzene rings is 1. The van der Waals surface area contributed by atoms with Gasteiger partial charge in [0.2, 0.25) is 0 Å². The molecule has 0 radical (unpaired) electrons. The quantitative estimate of drug-likeness (QED) is 0.860. The fraction of sp³-hybridized carbons (Fsp3) is 0.625. The SMILES string of the molecule is Nc1cc(Br)ccc1CN1CCN(C2CCCC2)CC1. The second kappa shape index (κ2) is 6.46. The topological polar surface area (TPSA) is 32.5 Å². The first kappa shape index (κ1) is 14.4. The number of hydrogen-bond acceptors (Lipinski definition) is 3. The van der Waals surface area contributed by atoms with Gasteiger partial charge in [-0.1, -0.05) is 34.8 Å². The zero-order valence-electron chi connectivity index (χ0n) is 12.0. The molecule has 2 aliphatic rings. The first-order valence-corrected chi connectivity index (χ1v) is 8.52. The third kappa shape index (κ3) is 3.35. The number of halogens is 1. The van der Waals surface area contributed by atoms with E-state index in [2.05, 4.69) is 37.9 Å². The van der Waals surface area contributed by atoms with Crippen molar-refractivity contribution in [2.45, 2.75) is 38.3 Å². The number of rotatable bonds is 3. The molecule has 3 rings (SSSR count). The molecular formula is C16H24BrN3. The minimum absolute atomic E-state index is 0.870. The highest BCUT2D eigenvalue weighted by Crippen LogP contribution is 2.25. The highest BCUT2D eigenvalue weighted by Gasteiger charge is 2.26. The van der Waals surface area contributed by atoms with E-state index in [1.54, 1.807) is 0 Å². The molecule has 1 heterocycles. The van der Waals surface area contributed by atoms with Crippen LogP contribution in [-0.2, 0) is 6.54 Å². The van der Waals surface area contributed by atoms with Crippen LogP contribution < -0.4 is 5.73 Å². The van der Waals surface area contributed by atoms with Crippen LogP contribution in [0.5, 0.6) is 0 Å². The molecule has 1 aliphatic carbocycles. The Hall–Kier alpha value is -0.580. The zero-order chi connectivity index (χ0) is 13.9. The van der Waals surface area contributed by atoms with Crippen molar-refractivity contribution in [3.05, 3.63) is 28.2 Å². The summed E-state index contributed by atoms with van der Waals surface area (Å²) in [5, 5.41) is 0. The van der Waals surface area contributed by atoms with Crippen molar-refractivity contribution in [1.82, 2.24) is 9.80 Å². The molecule has 1 aromatic carbocycles. The van der Waals surface area contributed by atoms with Gasteiger partial charge >= 0.3 is 0 Å². The average Bonchev–Trinajstić information content (AvgIpc) is 2.97. The molecule has 0 unspecified atom stereocenters. The molecule has 1 saturated heterocycles. The lowest BCUT2D eigenvalue weighted by atomic mass is 10.1. The largest absolute Gasteiger partial charge is 0.398 e. The molecule has 0 spiro atoms. The molecular weight excluding hydrogens is 314 g/mol. The van der Waals surface area contributed by atoms with E-state index in [1.807, 2.05) is 6.07 Å². The van der Waals surface area contributed by atoms with Gasteiger partial charge in [0.1, 0.15) is 0 Å². The highest BCUT2D eigenvalue weighted by molar-refractivity contribution is 9.10. The summed E-state index contributed by atoms with van der Waals surface area (Å²) in [4.78, 5) is 5.24. The lowest BCUT2D eigenvalue weighted by Gasteiger charge is -2.38. The minimum Gasteiger partial charge on any atom is -0.398 e. The summed E-state index contributed by atoms with van der Waals surface area (Å²) in [5.74, 6) is 0. The van der Waals surface area contributed by atoms with Crippen molar-refractivity contribution >= 4 is 21.6 Å². The van der Waals surface area contributed by atoms with E-state index in [1.165, 1.54) is 57.4 Å².